The van der Waals surface area contributed by atoms with E-state index in [1.54, 1.807) is 0 Å². The third kappa shape index (κ3) is 5.01. The predicted molar refractivity (Wildman–Crippen MR) is 87.2 cm³/mol. The summed E-state index contributed by atoms with van der Waals surface area (Å²) in [4.78, 5) is 5.15. The molecule has 118 valence electrons. The van der Waals surface area contributed by atoms with E-state index in [0.717, 1.165) is 18.0 Å². The summed E-state index contributed by atoms with van der Waals surface area (Å²) in [5.74, 6) is 0.934. The second-order valence-electron chi connectivity index (χ2n) is 7.20. The van der Waals surface area contributed by atoms with Gasteiger partial charge in [-0.05, 0) is 84.6 Å². The van der Waals surface area contributed by atoms with Gasteiger partial charge in [0.25, 0.3) is 0 Å². The molecule has 0 atom stereocenters. The Labute approximate surface area is 126 Å². The number of likely N-dealkylation sites (tertiary alicyclic amines) is 1. The number of hydrogen-bond acceptors (Lipinski definition) is 3. The van der Waals surface area contributed by atoms with Crippen LogP contribution in [0.5, 0.6) is 0 Å². The van der Waals surface area contributed by atoms with Gasteiger partial charge in [-0.25, -0.2) is 0 Å². The molecule has 2 rings (SSSR count). The molecule has 0 amide bonds. The van der Waals surface area contributed by atoms with E-state index in [4.69, 9.17) is 0 Å². The third-order valence-corrected chi connectivity index (χ3v) is 5.17. The van der Waals surface area contributed by atoms with Crippen LogP contribution in [0.2, 0.25) is 0 Å². The Kier molecular flexibility index (Phi) is 6.79. The number of nitrogens with one attached hydrogen (secondary N) is 1. The molecule has 20 heavy (non-hydrogen) atoms. The molecule has 1 saturated heterocycles. The van der Waals surface area contributed by atoms with Crippen LogP contribution in [0.25, 0.3) is 0 Å². The van der Waals surface area contributed by atoms with Crippen LogP contribution in [0.4, 0.5) is 0 Å². The van der Waals surface area contributed by atoms with E-state index in [1.165, 1.54) is 71.1 Å². The number of hydrogen-bond donors (Lipinski definition) is 1. The normalized spacial score (nSPS) is 30.0. The summed E-state index contributed by atoms with van der Waals surface area (Å²) in [5, 5.41) is 3.70. The van der Waals surface area contributed by atoms with Gasteiger partial charge in [0.05, 0.1) is 0 Å². The first-order chi connectivity index (χ1) is 9.69. The van der Waals surface area contributed by atoms with Gasteiger partial charge in [-0.15, -0.1) is 0 Å². The molecule has 1 aliphatic heterocycles. The molecular weight excluding hydrogens is 246 g/mol. The molecule has 1 saturated carbocycles. The largest absolute Gasteiger partial charge is 0.314 e. The summed E-state index contributed by atoms with van der Waals surface area (Å²) in [6.45, 7) is 7.43. The molecule has 0 spiro atoms. The van der Waals surface area contributed by atoms with Gasteiger partial charge in [0.2, 0.25) is 0 Å². The van der Waals surface area contributed by atoms with Crippen molar-refractivity contribution in [1.82, 2.24) is 15.1 Å². The first-order valence-corrected chi connectivity index (χ1v) is 8.81. The molecule has 0 bridgehead atoms. The molecule has 1 aliphatic carbocycles. The maximum absolute atomic E-state index is 3.70. The van der Waals surface area contributed by atoms with Gasteiger partial charge in [0.1, 0.15) is 0 Å². The van der Waals surface area contributed by atoms with Gasteiger partial charge < -0.3 is 15.1 Å². The van der Waals surface area contributed by atoms with Crippen LogP contribution >= 0.6 is 0 Å². The van der Waals surface area contributed by atoms with Crippen LogP contribution in [-0.4, -0.2) is 62.2 Å². The van der Waals surface area contributed by atoms with E-state index >= 15 is 0 Å². The molecule has 0 unspecified atom stereocenters. The summed E-state index contributed by atoms with van der Waals surface area (Å²) >= 11 is 0. The Morgan fingerprint density at radius 2 is 1.65 bits per heavy atom. The minimum absolute atomic E-state index is 0.803. The molecule has 0 radical (unpaired) electrons. The molecule has 0 aromatic carbocycles. The summed E-state index contributed by atoms with van der Waals surface area (Å²) in [6.07, 6.45) is 9.70. The lowest BCUT2D eigenvalue weighted by atomic mass is 9.87. The van der Waals surface area contributed by atoms with Crippen LogP contribution in [0.15, 0.2) is 0 Å². The van der Waals surface area contributed by atoms with E-state index in [1.807, 2.05) is 0 Å². The fraction of sp³-hybridized carbons (Fsp3) is 1.00. The second-order valence-corrected chi connectivity index (χ2v) is 7.20. The average Bonchev–Trinajstić information content (AvgIpc) is 2.46. The van der Waals surface area contributed by atoms with Gasteiger partial charge in [0.15, 0.2) is 0 Å². The highest BCUT2D eigenvalue weighted by Gasteiger charge is 2.28. The van der Waals surface area contributed by atoms with Gasteiger partial charge in [-0.2, -0.15) is 0 Å². The third-order valence-electron chi connectivity index (χ3n) is 5.17. The highest BCUT2D eigenvalue weighted by Crippen LogP contribution is 2.27. The van der Waals surface area contributed by atoms with Crippen molar-refractivity contribution in [3.63, 3.8) is 0 Å². The predicted octanol–water partition coefficient (Wildman–Crippen LogP) is 2.57. The van der Waals surface area contributed by atoms with Crippen molar-refractivity contribution >= 4 is 0 Å². The van der Waals surface area contributed by atoms with Crippen molar-refractivity contribution in [2.45, 2.75) is 64.0 Å². The molecule has 1 N–H and O–H groups in total. The number of nitrogens with zero attached hydrogens (tertiary/aromatic N) is 2. The highest BCUT2D eigenvalue weighted by molar-refractivity contribution is 4.85. The minimum atomic E-state index is 0.803. The first-order valence-electron chi connectivity index (χ1n) is 8.81. The molecule has 0 aromatic heterocycles. The fourth-order valence-electron chi connectivity index (χ4n) is 4.01. The van der Waals surface area contributed by atoms with Gasteiger partial charge in [0, 0.05) is 18.6 Å². The second kappa shape index (κ2) is 8.35. The molecule has 3 heteroatoms. The van der Waals surface area contributed by atoms with Crippen molar-refractivity contribution in [2.24, 2.45) is 5.92 Å². The Hall–Kier alpha value is -0.120. The van der Waals surface area contributed by atoms with Gasteiger partial charge >= 0.3 is 0 Å². The SMILES string of the molecule is CCCNC1CCC(N2CCC(CN(C)C)CC2)CC1. The van der Waals surface area contributed by atoms with Crippen molar-refractivity contribution < 1.29 is 0 Å². The summed E-state index contributed by atoms with van der Waals surface area (Å²) in [6, 6.07) is 1.69. The van der Waals surface area contributed by atoms with E-state index in [2.05, 4.69) is 36.1 Å². The van der Waals surface area contributed by atoms with Crippen molar-refractivity contribution in [1.29, 1.82) is 0 Å². The zero-order chi connectivity index (χ0) is 14.4. The zero-order valence-electron chi connectivity index (χ0n) is 13.9. The fourth-order valence-corrected chi connectivity index (χ4v) is 4.01. The maximum Gasteiger partial charge on any atom is 0.00964 e. The van der Waals surface area contributed by atoms with Crippen molar-refractivity contribution in [3.8, 4) is 0 Å². The molecule has 2 aliphatic rings. The number of rotatable bonds is 6. The summed E-state index contributed by atoms with van der Waals surface area (Å²) in [5.41, 5.74) is 0. The van der Waals surface area contributed by atoms with Gasteiger partial charge in [-0.1, -0.05) is 6.92 Å². The molecular formula is C17H35N3. The molecule has 2 fully saturated rings. The van der Waals surface area contributed by atoms with Crippen LogP contribution in [0.3, 0.4) is 0 Å². The lowest BCUT2D eigenvalue weighted by molar-refractivity contribution is 0.0917. The summed E-state index contributed by atoms with van der Waals surface area (Å²) in [7, 11) is 4.41. The Balaban J connectivity index is 1.65. The number of piperidine rings is 1. The smallest absolute Gasteiger partial charge is 0.00964 e. The quantitative estimate of drug-likeness (QED) is 0.807. The lowest BCUT2D eigenvalue weighted by Crippen LogP contribution is -2.46. The van der Waals surface area contributed by atoms with E-state index in [0.29, 0.717) is 0 Å². The highest BCUT2D eigenvalue weighted by atomic mass is 15.2. The first kappa shape index (κ1) is 16.3. The lowest BCUT2D eigenvalue weighted by Gasteiger charge is -2.41. The maximum atomic E-state index is 3.70. The molecule has 1 heterocycles. The summed E-state index contributed by atoms with van der Waals surface area (Å²) < 4.78 is 0. The van der Waals surface area contributed by atoms with Crippen LogP contribution < -0.4 is 5.32 Å². The Morgan fingerprint density at radius 3 is 2.20 bits per heavy atom. The van der Waals surface area contributed by atoms with E-state index in [-0.39, 0.29) is 0 Å². The topological polar surface area (TPSA) is 18.5 Å². The van der Waals surface area contributed by atoms with Crippen LogP contribution in [0.1, 0.15) is 51.9 Å². The van der Waals surface area contributed by atoms with E-state index in [9.17, 15) is 0 Å². The van der Waals surface area contributed by atoms with Crippen LogP contribution in [0, 0.1) is 5.92 Å². The van der Waals surface area contributed by atoms with Gasteiger partial charge in [-0.3, -0.25) is 0 Å². The molecule has 3 nitrogen and oxygen atoms in total. The van der Waals surface area contributed by atoms with Crippen molar-refractivity contribution in [2.75, 3.05) is 40.3 Å². The average molecular weight is 281 g/mol. The minimum Gasteiger partial charge on any atom is -0.314 e. The van der Waals surface area contributed by atoms with E-state index < -0.39 is 0 Å². The Morgan fingerprint density at radius 1 is 1.00 bits per heavy atom. The Bertz CT molecular complexity index is 251. The monoisotopic (exact) mass is 281 g/mol. The van der Waals surface area contributed by atoms with Crippen molar-refractivity contribution in [3.05, 3.63) is 0 Å². The molecule has 0 aromatic rings. The van der Waals surface area contributed by atoms with Crippen LogP contribution in [-0.2, 0) is 0 Å². The standard InChI is InChI=1S/C17H35N3/c1-4-11-18-16-5-7-17(8-6-16)20-12-9-15(10-13-20)14-19(2)3/h15-18H,4-14H2,1-3H3. The zero-order valence-corrected chi connectivity index (χ0v) is 13.9.